The van der Waals surface area contributed by atoms with Crippen LogP contribution in [-0.4, -0.2) is 42.0 Å². The highest BCUT2D eigenvalue weighted by molar-refractivity contribution is 5.92. The number of likely N-dealkylation sites (tertiary alicyclic amines) is 1. The average Bonchev–Trinajstić information content (AvgIpc) is 3.15. The molecule has 0 aliphatic carbocycles. The summed E-state index contributed by atoms with van der Waals surface area (Å²) >= 11 is 0. The Bertz CT molecular complexity index is 729. The molecule has 1 atom stereocenters. The van der Waals surface area contributed by atoms with Crippen LogP contribution in [0.4, 0.5) is 0 Å². The van der Waals surface area contributed by atoms with E-state index in [0.29, 0.717) is 12.6 Å². The van der Waals surface area contributed by atoms with Gasteiger partial charge in [-0.3, -0.25) is 9.78 Å². The van der Waals surface area contributed by atoms with Crippen LogP contribution in [0.15, 0.2) is 54.7 Å². The molecule has 2 aromatic rings. The maximum absolute atomic E-state index is 12.4. The minimum Gasteiger partial charge on any atom is -0.487 e. The zero-order valence-electron chi connectivity index (χ0n) is 15.1. The number of carbonyl (C=O) groups is 1. The molecule has 1 aromatic carbocycles. The van der Waals surface area contributed by atoms with Gasteiger partial charge in [0, 0.05) is 31.4 Å². The normalized spacial score (nSPS) is 17.0. The van der Waals surface area contributed by atoms with Crippen LogP contribution in [0.5, 0.6) is 5.75 Å². The largest absolute Gasteiger partial charge is 0.487 e. The second-order valence-electron chi connectivity index (χ2n) is 6.40. The van der Waals surface area contributed by atoms with Gasteiger partial charge >= 0.3 is 0 Å². The molecule has 0 bridgehead atoms. The minimum absolute atomic E-state index is 0.0817. The molecule has 1 fully saturated rings. The summed E-state index contributed by atoms with van der Waals surface area (Å²) in [4.78, 5) is 18.6. The molecule has 1 aliphatic rings. The van der Waals surface area contributed by atoms with E-state index in [4.69, 9.17) is 4.74 Å². The highest BCUT2D eigenvalue weighted by atomic mass is 16.5. The number of hydrogen-bond acceptors (Lipinski definition) is 4. The van der Waals surface area contributed by atoms with Crippen molar-refractivity contribution in [1.29, 1.82) is 0 Å². The summed E-state index contributed by atoms with van der Waals surface area (Å²) in [5.41, 5.74) is 1.87. The molecule has 26 heavy (non-hydrogen) atoms. The first-order chi connectivity index (χ1) is 12.8. The second-order valence-corrected chi connectivity index (χ2v) is 6.40. The molecular formula is C21H25N3O2. The molecule has 0 spiro atoms. The van der Waals surface area contributed by atoms with E-state index in [1.807, 2.05) is 60.5 Å². The summed E-state index contributed by atoms with van der Waals surface area (Å²) in [7, 11) is 1.92. The fourth-order valence-electron chi connectivity index (χ4n) is 3.15. The first-order valence-electron chi connectivity index (χ1n) is 9.02. The van der Waals surface area contributed by atoms with Crippen LogP contribution in [0.2, 0.25) is 0 Å². The number of ether oxygens (including phenoxy) is 1. The number of benzene rings is 1. The van der Waals surface area contributed by atoms with E-state index in [2.05, 4.69) is 10.3 Å². The number of carbonyl (C=O) groups excluding carboxylic acids is 1. The molecule has 1 aliphatic heterocycles. The second kappa shape index (κ2) is 9.15. The van der Waals surface area contributed by atoms with Gasteiger partial charge in [0.25, 0.3) is 0 Å². The number of pyridine rings is 1. The Kier molecular flexibility index (Phi) is 6.39. The van der Waals surface area contributed by atoms with E-state index in [-0.39, 0.29) is 5.91 Å². The smallest absolute Gasteiger partial charge is 0.246 e. The molecule has 136 valence electrons. The van der Waals surface area contributed by atoms with E-state index >= 15 is 0 Å². The molecule has 1 unspecified atom stereocenters. The molecule has 1 saturated heterocycles. The molecule has 1 amide bonds. The lowest BCUT2D eigenvalue weighted by atomic mass is 10.2. The summed E-state index contributed by atoms with van der Waals surface area (Å²) in [5, 5.41) is 3.16. The van der Waals surface area contributed by atoms with Crippen molar-refractivity contribution in [1.82, 2.24) is 15.2 Å². The van der Waals surface area contributed by atoms with Crippen molar-refractivity contribution in [2.75, 3.05) is 20.1 Å². The fraction of sp³-hybridized carbons (Fsp3) is 0.333. The van der Waals surface area contributed by atoms with Crippen molar-refractivity contribution in [2.45, 2.75) is 25.5 Å². The quantitative estimate of drug-likeness (QED) is 0.780. The van der Waals surface area contributed by atoms with E-state index in [1.54, 1.807) is 12.3 Å². The molecule has 2 heterocycles. The highest BCUT2D eigenvalue weighted by Crippen LogP contribution is 2.18. The summed E-state index contributed by atoms with van der Waals surface area (Å²) in [6.07, 6.45) is 7.43. The zero-order chi connectivity index (χ0) is 18.2. The minimum atomic E-state index is 0.0817. The lowest BCUT2D eigenvalue weighted by molar-refractivity contribution is -0.126. The maximum Gasteiger partial charge on any atom is 0.246 e. The van der Waals surface area contributed by atoms with Crippen LogP contribution < -0.4 is 10.1 Å². The molecule has 5 nitrogen and oxygen atoms in total. The third-order valence-corrected chi connectivity index (χ3v) is 4.51. The third-order valence-electron chi connectivity index (χ3n) is 4.51. The monoisotopic (exact) mass is 351 g/mol. The van der Waals surface area contributed by atoms with Gasteiger partial charge in [0.1, 0.15) is 12.4 Å². The van der Waals surface area contributed by atoms with E-state index in [0.717, 1.165) is 42.9 Å². The van der Waals surface area contributed by atoms with Gasteiger partial charge in [-0.1, -0.05) is 18.2 Å². The lowest BCUT2D eigenvalue weighted by Crippen LogP contribution is -2.39. The van der Waals surface area contributed by atoms with Gasteiger partial charge in [-0.15, -0.1) is 0 Å². The predicted octanol–water partition coefficient (Wildman–Crippen LogP) is 2.88. The SMILES string of the molecule is CNCC1CCCN1C(=O)/C=C/c1ccc(OCc2ccccn2)cc1. The average molecular weight is 351 g/mol. The Morgan fingerprint density at radius 1 is 1.31 bits per heavy atom. The van der Waals surface area contributed by atoms with Crippen molar-refractivity contribution < 1.29 is 9.53 Å². The van der Waals surface area contributed by atoms with E-state index in [1.165, 1.54) is 0 Å². The number of rotatable bonds is 7. The summed E-state index contributed by atoms with van der Waals surface area (Å²) in [6, 6.07) is 13.8. The van der Waals surface area contributed by atoms with Crippen molar-refractivity contribution >= 4 is 12.0 Å². The standard InChI is InChI=1S/C21H25N3O2/c1-22-15-19-6-4-14-24(19)21(25)12-9-17-7-10-20(11-8-17)26-16-18-5-2-3-13-23-18/h2-3,5,7-13,19,22H,4,6,14-16H2,1H3/b12-9+. The van der Waals surface area contributed by atoms with Crippen LogP contribution in [0, 0.1) is 0 Å². The molecule has 1 N–H and O–H groups in total. The fourth-order valence-corrected chi connectivity index (χ4v) is 3.15. The van der Waals surface area contributed by atoms with Crippen LogP contribution in [0.25, 0.3) is 6.08 Å². The predicted molar refractivity (Wildman–Crippen MR) is 103 cm³/mol. The topological polar surface area (TPSA) is 54.5 Å². The highest BCUT2D eigenvalue weighted by Gasteiger charge is 2.26. The number of nitrogens with one attached hydrogen (secondary N) is 1. The lowest BCUT2D eigenvalue weighted by Gasteiger charge is -2.23. The van der Waals surface area contributed by atoms with Gasteiger partial charge < -0.3 is 15.0 Å². The van der Waals surface area contributed by atoms with Crippen LogP contribution in [0.1, 0.15) is 24.1 Å². The van der Waals surface area contributed by atoms with Crippen LogP contribution in [0.3, 0.4) is 0 Å². The summed E-state index contributed by atoms with van der Waals surface area (Å²) in [5.74, 6) is 0.867. The maximum atomic E-state index is 12.4. The number of aromatic nitrogens is 1. The number of nitrogens with zero attached hydrogens (tertiary/aromatic N) is 2. The van der Waals surface area contributed by atoms with Crippen LogP contribution in [-0.2, 0) is 11.4 Å². The van der Waals surface area contributed by atoms with Crippen molar-refractivity contribution in [3.8, 4) is 5.75 Å². The van der Waals surface area contributed by atoms with Crippen LogP contribution >= 0.6 is 0 Å². The van der Waals surface area contributed by atoms with Crippen molar-refractivity contribution in [3.63, 3.8) is 0 Å². The van der Waals surface area contributed by atoms with Crippen molar-refractivity contribution in [2.24, 2.45) is 0 Å². The van der Waals surface area contributed by atoms with Crippen molar-refractivity contribution in [3.05, 3.63) is 66.0 Å². The molecule has 0 saturated carbocycles. The van der Waals surface area contributed by atoms with Gasteiger partial charge in [-0.25, -0.2) is 0 Å². The molecule has 5 heteroatoms. The number of likely N-dealkylation sites (N-methyl/N-ethyl adjacent to an activating group) is 1. The first-order valence-corrected chi connectivity index (χ1v) is 9.02. The van der Waals surface area contributed by atoms with Gasteiger partial charge in [-0.2, -0.15) is 0 Å². The van der Waals surface area contributed by atoms with Gasteiger partial charge in [-0.05, 0) is 55.8 Å². The number of hydrogen-bond donors (Lipinski definition) is 1. The Hall–Kier alpha value is -2.66. The molecular weight excluding hydrogens is 326 g/mol. The van der Waals surface area contributed by atoms with Gasteiger partial charge in [0.15, 0.2) is 0 Å². The van der Waals surface area contributed by atoms with E-state index in [9.17, 15) is 4.79 Å². The molecule has 3 rings (SSSR count). The Balaban J connectivity index is 1.53. The van der Waals surface area contributed by atoms with Gasteiger partial charge in [0.05, 0.1) is 5.69 Å². The number of amides is 1. The third kappa shape index (κ3) is 4.92. The first kappa shape index (κ1) is 18.1. The van der Waals surface area contributed by atoms with Gasteiger partial charge in [0.2, 0.25) is 5.91 Å². The zero-order valence-corrected chi connectivity index (χ0v) is 15.1. The Morgan fingerprint density at radius 2 is 2.15 bits per heavy atom. The Morgan fingerprint density at radius 3 is 2.88 bits per heavy atom. The van der Waals surface area contributed by atoms with E-state index < -0.39 is 0 Å². The Labute approximate surface area is 154 Å². The summed E-state index contributed by atoms with van der Waals surface area (Å²) in [6.45, 7) is 2.13. The summed E-state index contributed by atoms with van der Waals surface area (Å²) < 4.78 is 5.73. The molecule has 1 aromatic heterocycles. The molecule has 0 radical (unpaired) electrons.